The van der Waals surface area contributed by atoms with Crippen LogP contribution >= 0.6 is 0 Å². The molecule has 21 heavy (non-hydrogen) atoms. The molecule has 1 aliphatic heterocycles. The van der Waals surface area contributed by atoms with E-state index < -0.39 is 5.97 Å². The van der Waals surface area contributed by atoms with Crippen molar-refractivity contribution in [2.75, 3.05) is 19.6 Å². The van der Waals surface area contributed by atoms with E-state index in [0.717, 1.165) is 19.3 Å². The van der Waals surface area contributed by atoms with Gasteiger partial charge in [0.1, 0.15) is 0 Å². The summed E-state index contributed by atoms with van der Waals surface area (Å²) in [4.78, 5) is 24.7. The van der Waals surface area contributed by atoms with Gasteiger partial charge in [0.2, 0.25) is 0 Å². The summed E-state index contributed by atoms with van der Waals surface area (Å²) in [6.07, 6.45) is 3.65. The predicted molar refractivity (Wildman–Crippen MR) is 77.8 cm³/mol. The number of carboxylic acids is 1. The van der Waals surface area contributed by atoms with Gasteiger partial charge >= 0.3 is 12.0 Å². The molecule has 1 heterocycles. The number of likely N-dealkylation sites (tertiary alicyclic amines) is 1. The summed E-state index contributed by atoms with van der Waals surface area (Å²) in [6.45, 7) is 3.72. The first-order chi connectivity index (χ1) is 9.97. The minimum Gasteiger partial charge on any atom is -0.481 e. The van der Waals surface area contributed by atoms with Gasteiger partial charge in [-0.3, -0.25) is 4.79 Å². The first-order valence-corrected chi connectivity index (χ1v) is 7.91. The van der Waals surface area contributed by atoms with Gasteiger partial charge in [0.05, 0.1) is 12.0 Å². The fourth-order valence-electron chi connectivity index (χ4n) is 3.32. The van der Waals surface area contributed by atoms with Crippen LogP contribution in [0.1, 0.15) is 39.0 Å². The molecule has 6 nitrogen and oxygen atoms in total. The van der Waals surface area contributed by atoms with Crippen LogP contribution in [0.2, 0.25) is 0 Å². The van der Waals surface area contributed by atoms with Gasteiger partial charge < -0.3 is 20.4 Å². The summed E-state index contributed by atoms with van der Waals surface area (Å²) in [5.41, 5.74) is 0. The number of nitrogens with zero attached hydrogens (tertiary/aromatic N) is 1. The number of aliphatic hydroxyl groups is 1. The Balaban J connectivity index is 1.67. The molecule has 1 aliphatic carbocycles. The summed E-state index contributed by atoms with van der Waals surface area (Å²) < 4.78 is 0. The van der Waals surface area contributed by atoms with E-state index in [1.54, 1.807) is 11.8 Å². The minimum atomic E-state index is -0.696. The molecular formula is C15H26N2O4. The molecule has 2 rings (SSSR count). The first-order valence-electron chi connectivity index (χ1n) is 7.91. The van der Waals surface area contributed by atoms with Crippen molar-refractivity contribution < 1.29 is 19.8 Å². The van der Waals surface area contributed by atoms with E-state index in [2.05, 4.69) is 5.32 Å². The zero-order chi connectivity index (χ0) is 15.4. The van der Waals surface area contributed by atoms with Crippen molar-refractivity contribution in [1.82, 2.24) is 10.2 Å². The van der Waals surface area contributed by atoms with E-state index in [4.69, 9.17) is 5.11 Å². The molecule has 2 amide bonds. The highest BCUT2D eigenvalue weighted by Crippen LogP contribution is 2.28. The molecule has 0 aromatic heterocycles. The van der Waals surface area contributed by atoms with Crippen molar-refractivity contribution in [3.8, 4) is 0 Å². The van der Waals surface area contributed by atoms with Crippen LogP contribution in [0.4, 0.5) is 4.79 Å². The first kappa shape index (κ1) is 16.1. The monoisotopic (exact) mass is 298 g/mol. The lowest BCUT2D eigenvalue weighted by molar-refractivity contribution is -0.143. The summed E-state index contributed by atoms with van der Waals surface area (Å²) in [5, 5.41) is 21.5. The standard InChI is InChI=1S/C15H26N2O4/c1-10(18)13-6-7-17(9-13)15(21)16-8-11-2-4-12(5-3-11)14(19)20/h10-13,18H,2-9H2,1H3,(H,16,21)(H,19,20). The number of carboxylic acid groups (broad SMARTS) is 1. The number of rotatable bonds is 4. The molecule has 0 aromatic carbocycles. The van der Waals surface area contributed by atoms with Gasteiger partial charge in [0, 0.05) is 25.6 Å². The van der Waals surface area contributed by atoms with Crippen molar-refractivity contribution in [2.45, 2.75) is 45.1 Å². The van der Waals surface area contributed by atoms with Crippen LogP contribution in [-0.2, 0) is 4.79 Å². The Morgan fingerprint density at radius 2 is 1.90 bits per heavy atom. The third kappa shape index (κ3) is 4.33. The summed E-state index contributed by atoms with van der Waals surface area (Å²) in [6, 6.07) is -0.0569. The number of hydrogen-bond donors (Lipinski definition) is 3. The van der Waals surface area contributed by atoms with Crippen LogP contribution in [0.15, 0.2) is 0 Å². The molecule has 2 fully saturated rings. The molecule has 1 saturated heterocycles. The van der Waals surface area contributed by atoms with Crippen LogP contribution in [0.25, 0.3) is 0 Å². The molecule has 0 aromatic rings. The molecule has 1 saturated carbocycles. The number of nitrogens with one attached hydrogen (secondary N) is 1. The summed E-state index contributed by atoms with van der Waals surface area (Å²) in [5.74, 6) is -0.331. The van der Waals surface area contributed by atoms with Crippen molar-refractivity contribution in [2.24, 2.45) is 17.8 Å². The van der Waals surface area contributed by atoms with Crippen LogP contribution in [0, 0.1) is 17.8 Å². The Morgan fingerprint density at radius 3 is 2.43 bits per heavy atom. The van der Waals surface area contributed by atoms with Crippen molar-refractivity contribution in [3.05, 3.63) is 0 Å². The van der Waals surface area contributed by atoms with Gasteiger partial charge in [-0.2, -0.15) is 0 Å². The van der Waals surface area contributed by atoms with E-state index >= 15 is 0 Å². The van der Waals surface area contributed by atoms with Crippen LogP contribution < -0.4 is 5.32 Å². The predicted octanol–water partition coefficient (Wildman–Crippen LogP) is 1.29. The molecule has 0 bridgehead atoms. The third-order valence-electron chi connectivity index (χ3n) is 4.93. The lowest BCUT2D eigenvalue weighted by atomic mass is 9.82. The Morgan fingerprint density at radius 1 is 1.24 bits per heavy atom. The lowest BCUT2D eigenvalue weighted by Crippen LogP contribution is -2.41. The molecule has 0 radical (unpaired) electrons. The maximum Gasteiger partial charge on any atom is 0.317 e. The van der Waals surface area contributed by atoms with E-state index in [-0.39, 0.29) is 24.0 Å². The Kier molecular flexibility index (Phi) is 5.45. The highest BCUT2D eigenvalue weighted by molar-refractivity contribution is 5.74. The van der Waals surface area contributed by atoms with Crippen molar-refractivity contribution >= 4 is 12.0 Å². The number of urea groups is 1. The van der Waals surface area contributed by atoms with Gasteiger partial charge in [-0.1, -0.05) is 0 Å². The Hall–Kier alpha value is -1.30. The number of hydrogen-bond acceptors (Lipinski definition) is 3. The van der Waals surface area contributed by atoms with Gasteiger partial charge in [0.25, 0.3) is 0 Å². The number of aliphatic carboxylic acids is 1. The van der Waals surface area contributed by atoms with E-state index in [9.17, 15) is 14.7 Å². The Labute approximate surface area is 125 Å². The summed E-state index contributed by atoms with van der Waals surface area (Å²) >= 11 is 0. The fourth-order valence-corrected chi connectivity index (χ4v) is 3.32. The average molecular weight is 298 g/mol. The summed E-state index contributed by atoms with van der Waals surface area (Å²) in [7, 11) is 0. The molecule has 2 unspecified atom stereocenters. The number of carbonyl (C=O) groups is 2. The maximum absolute atomic E-state index is 12.1. The van der Waals surface area contributed by atoms with E-state index in [1.165, 1.54) is 0 Å². The normalized spacial score (nSPS) is 31.0. The van der Waals surface area contributed by atoms with Gasteiger partial charge in [-0.15, -0.1) is 0 Å². The molecule has 2 aliphatic rings. The SMILES string of the molecule is CC(O)C1CCN(C(=O)NCC2CCC(C(=O)O)CC2)C1. The van der Waals surface area contributed by atoms with Crippen LogP contribution in [0.5, 0.6) is 0 Å². The van der Waals surface area contributed by atoms with Gasteiger partial charge in [-0.05, 0) is 44.9 Å². The second-order valence-corrected chi connectivity index (χ2v) is 6.48. The largest absolute Gasteiger partial charge is 0.481 e. The number of amides is 2. The third-order valence-corrected chi connectivity index (χ3v) is 4.93. The molecule has 2 atom stereocenters. The van der Waals surface area contributed by atoms with Crippen LogP contribution in [0.3, 0.4) is 0 Å². The highest BCUT2D eigenvalue weighted by atomic mass is 16.4. The lowest BCUT2D eigenvalue weighted by Gasteiger charge is -2.27. The topological polar surface area (TPSA) is 89.9 Å². The van der Waals surface area contributed by atoms with Crippen molar-refractivity contribution in [1.29, 1.82) is 0 Å². The van der Waals surface area contributed by atoms with Crippen molar-refractivity contribution in [3.63, 3.8) is 0 Å². The second-order valence-electron chi connectivity index (χ2n) is 6.48. The van der Waals surface area contributed by atoms with Gasteiger partial charge in [-0.25, -0.2) is 4.79 Å². The second kappa shape index (κ2) is 7.11. The number of carbonyl (C=O) groups excluding carboxylic acids is 1. The molecule has 120 valence electrons. The zero-order valence-corrected chi connectivity index (χ0v) is 12.6. The minimum absolute atomic E-state index is 0.0569. The number of aliphatic hydroxyl groups excluding tert-OH is 1. The van der Waals surface area contributed by atoms with E-state index in [1.807, 2.05) is 0 Å². The molecule has 6 heteroatoms. The maximum atomic E-state index is 12.1. The molecular weight excluding hydrogens is 272 g/mol. The Bertz CT molecular complexity index is 378. The van der Waals surface area contributed by atoms with Gasteiger partial charge in [0.15, 0.2) is 0 Å². The fraction of sp³-hybridized carbons (Fsp3) is 0.867. The van der Waals surface area contributed by atoms with Crippen LogP contribution in [-0.4, -0.2) is 52.9 Å². The molecule has 0 spiro atoms. The average Bonchev–Trinajstić information content (AvgIpc) is 2.95. The van der Waals surface area contributed by atoms with E-state index in [0.29, 0.717) is 38.4 Å². The quantitative estimate of drug-likeness (QED) is 0.729. The highest BCUT2D eigenvalue weighted by Gasteiger charge is 2.30. The smallest absolute Gasteiger partial charge is 0.317 e. The molecule has 3 N–H and O–H groups in total. The zero-order valence-electron chi connectivity index (χ0n) is 12.6.